The number of nitrogens with two attached hydrogens (primary N) is 1. The van der Waals surface area contributed by atoms with E-state index in [0.29, 0.717) is 28.9 Å². The first-order valence-electron chi connectivity index (χ1n) is 6.34. The zero-order chi connectivity index (χ0) is 14.7. The lowest BCUT2D eigenvalue weighted by Crippen LogP contribution is -2.09. The van der Waals surface area contributed by atoms with E-state index < -0.39 is 0 Å². The minimum atomic E-state index is 0.429. The molecule has 0 spiro atoms. The van der Waals surface area contributed by atoms with Gasteiger partial charge in [-0.15, -0.1) is 5.10 Å². The number of hydrogen-bond donors (Lipinski definition) is 1. The number of anilines is 1. The number of nitrogens with zero attached hydrogens (tertiary/aromatic N) is 4. The molecule has 7 heteroatoms. The maximum absolute atomic E-state index is 6.07. The van der Waals surface area contributed by atoms with Gasteiger partial charge in [0, 0.05) is 23.9 Å². The molecule has 0 saturated carbocycles. The fraction of sp³-hybridized carbons (Fsp3) is 0.462. The lowest BCUT2D eigenvalue weighted by Gasteiger charge is -2.13. The fourth-order valence-electron chi connectivity index (χ4n) is 1.95. The first-order valence-corrected chi connectivity index (χ1v) is 6.34. The predicted molar refractivity (Wildman–Crippen MR) is 75.6 cm³/mol. The summed E-state index contributed by atoms with van der Waals surface area (Å²) in [6.07, 6.45) is 0. The molecule has 1 heterocycles. The molecule has 0 fully saturated rings. The van der Waals surface area contributed by atoms with Crippen molar-refractivity contribution in [1.29, 1.82) is 0 Å². The summed E-state index contributed by atoms with van der Waals surface area (Å²) in [5.74, 6) is 2.23. The van der Waals surface area contributed by atoms with Crippen LogP contribution < -0.4 is 15.2 Å². The molecule has 0 atom stereocenters. The van der Waals surface area contributed by atoms with Gasteiger partial charge in [-0.25, -0.2) is 4.68 Å². The second-order valence-electron chi connectivity index (χ2n) is 4.87. The van der Waals surface area contributed by atoms with E-state index in [1.807, 2.05) is 0 Å². The Bertz CT molecular complexity index is 594. The predicted octanol–water partition coefficient (Wildman–Crippen LogP) is 1.60. The molecule has 0 aliphatic rings. The van der Waals surface area contributed by atoms with Crippen molar-refractivity contribution in [2.24, 2.45) is 5.92 Å². The van der Waals surface area contributed by atoms with Crippen molar-refractivity contribution in [2.75, 3.05) is 20.0 Å². The van der Waals surface area contributed by atoms with Crippen molar-refractivity contribution < 1.29 is 9.47 Å². The van der Waals surface area contributed by atoms with Gasteiger partial charge in [0.1, 0.15) is 0 Å². The summed E-state index contributed by atoms with van der Waals surface area (Å²) < 4.78 is 12.3. The second kappa shape index (κ2) is 5.77. The molecule has 0 bridgehead atoms. The van der Waals surface area contributed by atoms with E-state index in [0.717, 1.165) is 12.1 Å². The van der Waals surface area contributed by atoms with E-state index in [1.165, 1.54) is 0 Å². The minimum absolute atomic E-state index is 0.429. The van der Waals surface area contributed by atoms with Gasteiger partial charge in [0.15, 0.2) is 17.3 Å². The lowest BCUT2D eigenvalue weighted by atomic mass is 10.1. The van der Waals surface area contributed by atoms with Crippen molar-refractivity contribution in [3.05, 3.63) is 12.1 Å². The molecular weight excluding hydrogens is 258 g/mol. The standard InChI is InChI=1S/C13H19N5O2/c1-8(2)7-18-13(15-16-17-18)9-5-11(19-3)12(20-4)6-10(9)14/h5-6,8H,7,14H2,1-4H3. The van der Waals surface area contributed by atoms with Crippen LogP contribution in [0.3, 0.4) is 0 Å². The third kappa shape index (κ3) is 2.66. The van der Waals surface area contributed by atoms with Gasteiger partial charge in [-0.05, 0) is 22.4 Å². The highest BCUT2D eigenvalue weighted by Gasteiger charge is 2.16. The van der Waals surface area contributed by atoms with Crippen LogP contribution in [0.2, 0.25) is 0 Å². The van der Waals surface area contributed by atoms with E-state index in [-0.39, 0.29) is 0 Å². The van der Waals surface area contributed by atoms with Gasteiger partial charge in [0.2, 0.25) is 0 Å². The van der Waals surface area contributed by atoms with Gasteiger partial charge < -0.3 is 15.2 Å². The zero-order valence-electron chi connectivity index (χ0n) is 12.1. The number of tetrazole rings is 1. The highest BCUT2D eigenvalue weighted by molar-refractivity contribution is 5.75. The van der Waals surface area contributed by atoms with Crippen molar-refractivity contribution in [2.45, 2.75) is 20.4 Å². The van der Waals surface area contributed by atoms with Crippen LogP contribution in [0.15, 0.2) is 12.1 Å². The normalized spacial score (nSPS) is 10.8. The smallest absolute Gasteiger partial charge is 0.184 e. The van der Waals surface area contributed by atoms with Crippen LogP contribution in [-0.4, -0.2) is 34.4 Å². The Morgan fingerprint density at radius 2 is 1.85 bits per heavy atom. The van der Waals surface area contributed by atoms with E-state index in [4.69, 9.17) is 15.2 Å². The van der Waals surface area contributed by atoms with Crippen molar-refractivity contribution in [1.82, 2.24) is 20.2 Å². The fourth-order valence-corrected chi connectivity index (χ4v) is 1.95. The van der Waals surface area contributed by atoms with Crippen molar-refractivity contribution in [3.63, 3.8) is 0 Å². The van der Waals surface area contributed by atoms with Gasteiger partial charge in [0.05, 0.1) is 14.2 Å². The molecule has 108 valence electrons. The van der Waals surface area contributed by atoms with Crippen LogP contribution in [0.4, 0.5) is 5.69 Å². The summed E-state index contributed by atoms with van der Waals surface area (Å²) in [4.78, 5) is 0. The van der Waals surface area contributed by atoms with Crippen LogP contribution >= 0.6 is 0 Å². The average molecular weight is 277 g/mol. The molecule has 0 amide bonds. The molecule has 1 aromatic carbocycles. The summed E-state index contributed by atoms with van der Waals surface area (Å²) in [6, 6.07) is 3.50. The van der Waals surface area contributed by atoms with Gasteiger partial charge in [0.25, 0.3) is 0 Å². The Kier molecular flexibility index (Phi) is 4.07. The van der Waals surface area contributed by atoms with E-state index >= 15 is 0 Å². The molecule has 2 aromatic rings. The first kappa shape index (κ1) is 14.1. The highest BCUT2D eigenvalue weighted by atomic mass is 16.5. The highest BCUT2D eigenvalue weighted by Crippen LogP contribution is 2.36. The van der Waals surface area contributed by atoms with Gasteiger partial charge in [-0.2, -0.15) is 0 Å². The summed E-state index contributed by atoms with van der Waals surface area (Å²) >= 11 is 0. The molecular formula is C13H19N5O2. The van der Waals surface area contributed by atoms with Crippen LogP contribution in [0.1, 0.15) is 13.8 Å². The van der Waals surface area contributed by atoms with E-state index in [1.54, 1.807) is 31.0 Å². The maximum atomic E-state index is 6.07. The number of benzene rings is 1. The molecule has 2 N–H and O–H groups in total. The lowest BCUT2D eigenvalue weighted by molar-refractivity contribution is 0.355. The number of ether oxygens (including phenoxy) is 2. The van der Waals surface area contributed by atoms with E-state index in [9.17, 15) is 0 Å². The number of aromatic nitrogens is 4. The summed E-state index contributed by atoms with van der Waals surface area (Å²) in [6.45, 7) is 4.92. The van der Waals surface area contributed by atoms with Crippen LogP contribution in [-0.2, 0) is 6.54 Å². The zero-order valence-corrected chi connectivity index (χ0v) is 12.1. The molecule has 0 saturated heterocycles. The SMILES string of the molecule is COc1cc(N)c(-c2nnnn2CC(C)C)cc1OC. The third-order valence-corrected chi connectivity index (χ3v) is 2.87. The largest absolute Gasteiger partial charge is 0.493 e. The first-order chi connectivity index (χ1) is 9.56. The Labute approximate surface area is 117 Å². The molecule has 0 unspecified atom stereocenters. The molecule has 0 aliphatic heterocycles. The van der Waals surface area contributed by atoms with Gasteiger partial charge >= 0.3 is 0 Å². The summed E-state index contributed by atoms with van der Waals surface area (Å²) in [5.41, 5.74) is 7.34. The number of methoxy groups -OCH3 is 2. The molecule has 2 rings (SSSR count). The second-order valence-corrected chi connectivity index (χ2v) is 4.87. The van der Waals surface area contributed by atoms with Gasteiger partial charge in [-0.1, -0.05) is 13.8 Å². The Morgan fingerprint density at radius 1 is 1.20 bits per heavy atom. The van der Waals surface area contributed by atoms with Crippen LogP contribution in [0.5, 0.6) is 11.5 Å². The van der Waals surface area contributed by atoms with Crippen LogP contribution in [0, 0.1) is 5.92 Å². The summed E-state index contributed by atoms with van der Waals surface area (Å²) in [5, 5.41) is 11.8. The monoisotopic (exact) mass is 277 g/mol. The number of hydrogen-bond acceptors (Lipinski definition) is 6. The molecule has 0 radical (unpaired) electrons. The number of nitrogen functional groups attached to an aromatic ring is 1. The third-order valence-electron chi connectivity index (χ3n) is 2.87. The minimum Gasteiger partial charge on any atom is -0.493 e. The Hall–Kier alpha value is -2.31. The molecule has 1 aromatic heterocycles. The van der Waals surface area contributed by atoms with Crippen molar-refractivity contribution >= 4 is 5.69 Å². The molecule has 0 aliphatic carbocycles. The maximum Gasteiger partial charge on any atom is 0.184 e. The average Bonchev–Trinajstić information content (AvgIpc) is 2.85. The summed E-state index contributed by atoms with van der Waals surface area (Å²) in [7, 11) is 3.15. The van der Waals surface area contributed by atoms with Gasteiger partial charge in [-0.3, -0.25) is 0 Å². The Morgan fingerprint density at radius 3 is 2.45 bits per heavy atom. The quantitative estimate of drug-likeness (QED) is 0.835. The molecule has 7 nitrogen and oxygen atoms in total. The molecule has 20 heavy (non-hydrogen) atoms. The van der Waals surface area contributed by atoms with E-state index in [2.05, 4.69) is 29.4 Å². The topological polar surface area (TPSA) is 88.1 Å². The van der Waals surface area contributed by atoms with Crippen LogP contribution in [0.25, 0.3) is 11.4 Å². The number of rotatable bonds is 5. The van der Waals surface area contributed by atoms with Crippen molar-refractivity contribution in [3.8, 4) is 22.9 Å². The Balaban J connectivity index is 2.50.